The molecule has 2 atom stereocenters. The van der Waals surface area contributed by atoms with Crippen molar-refractivity contribution in [3.05, 3.63) is 21.9 Å². The monoisotopic (exact) mass is 212 g/mol. The molecule has 0 aromatic carbocycles. The van der Waals surface area contributed by atoms with Gasteiger partial charge in [0.2, 0.25) is 0 Å². The molecule has 2 heteroatoms. The van der Waals surface area contributed by atoms with Crippen LogP contribution in [0.25, 0.3) is 0 Å². The van der Waals surface area contributed by atoms with Crippen molar-refractivity contribution in [3.8, 4) is 0 Å². The van der Waals surface area contributed by atoms with Gasteiger partial charge in [-0.15, -0.1) is 11.3 Å². The summed E-state index contributed by atoms with van der Waals surface area (Å²) in [4.78, 5) is 2.85. The first-order valence-corrected chi connectivity index (χ1v) is 6.25. The van der Waals surface area contributed by atoms with Crippen LogP contribution in [-0.2, 0) is 6.42 Å². The highest BCUT2D eigenvalue weighted by Gasteiger charge is 2.12. The Hall–Kier alpha value is -0.340. The first-order chi connectivity index (χ1) is 6.67. The Morgan fingerprint density at radius 3 is 2.57 bits per heavy atom. The molecule has 1 nitrogen and oxygen atoms in total. The first kappa shape index (κ1) is 11.7. The van der Waals surface area contributed by atoms with Crippen LogP contribution in [0.1, 0.15) is 49.3 Å². The average molecular weight is 212 g/mol. The summed E-state index contributed by atoms with van der Waals surface area (Å²) in [7, 11) is 0. The van der Waals surface area contributed by atoms with Gasteiger partial charge in [-0.2, -0.15) is 0 Å². The van der Waals surface area contributed by atoms with Gasteiger partial charge in [0.15, 0.2) is 0 Å². The van der Waals surface area contributed by atoms with E-state index >= 15 is 0 Å². The van der Waals surface area contributed by atoms with Crippen LogP contribution in [0, 0.1) is 0 Å². The van der Waals surface area contributed by atoms with Crippen LogP contribution in [0.5, 0.6) is 0 Å². The Balaban J connectivity index is 2.55. The zero-order valence-electron chi connectivity index (χ0n) is 9.29. The molecule has 0 amide bonds. The molecule has 14 heavy (non-hydrogen) atoms. The van der Waals surface area contributed by atoms with Gasteiger partial charge in [0.25, 0.3) is 0 Å². The first-order valence-electron chi connectivity index (χ1n) is 5.44. The van der Waals surface area contributed by atoms with Crippen molar-refractivity contribution in [2.45, 2.75) is 52.1 Å². The minimum atomic E-state index is -0.142. The van der Waals surface area contributed by atoms with E-state index in [1.165, 1.54) is 9.75 Å². The third kappa shape index (κ3) is 3.10. The minimum Gasteiger partial charge on any atom is -0.393 e. The lowest BCUT2D eigenvalue weighted by Crippen LogP contribution is -2.08. The second kappa shape index (κ2) is 5.52. The number of aliphatic hydroxyl groups is 1. The number of hydrogen-bond acceptors (Lipinski definition) is 2. The van der Waals surface area contributed by atoms with Crippen LogP contribution in [0.3, 0.4) is 0 Å². The minimum absolute atomic E-state index is 0.142. The second-order valence-electron chi connectivity index (χ2n) is 3.86. The Labute approximate surface area is 90.8 Å². The van der Waals surface area contributed by atoms with E-state index in [1.54, 1.807) is 0 Å². The summed E-state index contributed by atoms with van der Waals surface area (Å²) in [5, 5.41) is 9.56. The van der Waals surface area contributed by atoms with Crippen molar-refractivity contribution in [3.63, 3.8) is 0 Å². The van der Waals surface area contributed by atoms with Crippen molar-refractivity contribution < 1.29 is 5.11 Å². The van der Waals surface area contributed by atoms with E-state index in [0.717, 1.165) is 19.3 Å². The molecule has 0 saturated carbocycles. The van der Waals surface area contributed by atoms with Crippen molar-refractivity contribution in [1.82, 2.24) is 0 Å². The van der Waals surface area contributed by atoms with E-state index in [9.17, 15) is 5.11 Å². The molecule has 1 N–H and O–H groups in total. The summed E-state index contributed by atoms with van der Waals surface area (Å²) in [6, 6.07) is 4.41. The SMILES string of the molecule is CCc1ccc(C(C)CC(O)CC)s1. The van der Waals surface area contributed by atoms with Gasteiger partial charge < -0.3 is 5.11 Å². The summed E-state index contributed by atoms with van der Waals surface area (Å²) in [5.41, 5.74) is 0. The Morgan fingerprint density at radius 2 is 2.07 bits per heavy atom. The Kier molecular flexibility index (Phi) is 4.63. The lowest BCUT2D eigenvalue weighted by Gasteiger charge is -2.13. The number of thiophene rings is 1. The highest BCUT2D eigenvalue weighted by Crippen LogP contribution is 2.28. The Morgan fingerprint density at radius 1 is 1.36 bits per heavy atom. The molecule has 1 aromatic heterocycles. The van der Waals surface area contributed by atoms with Gasteiger partial charge in [-0.1, -0.05) is 20.8 Å². The van der Waals surface area contributed by atoms with E-state index in [2.05, 4.69) is 26.0 Å². The summed E-state index contributed by atoms with van der Waals surface area (Å²) < 4.78 is 0. The average Bonchev–Trinajstić information content (AvgIpc) is 2.65. The van der Waals surface area contributed by atoms with E-state index in [-0.39, 0.29) is 6.10 Å². The maximum absolute atomic E-state index is 9.56. The molecule has 2 unspecified atom stereocenters. The summed E-state index contributed by atoms with van der Waals surface area (Å²) in [5.74, 6) is 0.496. The fraction of sp³-hybridized carbons (Fsp3) is 0.667. The second-order valence-corrected chi connectivity index (χ2v) is 5.06. The third-order valence-electron chi connectivity index (χ3n) is 2.61. The number of rotatable bonds is 5. The summed E-state index contributed by atoms with van der Waals surface area (Å²) >= 11 is 1.88. The maximum Gasteiger partial charge on any atom is 0.0543 e. The fourth-order valence-corrected chi connectivity index (χ4v) is 2.56. The number of hydrogen-bond donors (Lipinski definition) is 1. The van der Waals surface area contributed by atoms with Crippen LogP contribution in [0.4, 0.5) is 0 Å². The van der Waals surface area contributed by atoms with Gasteiger partial charge in [0.1, 0.15) is 0 Å². The van der Waals surface area contributed by atoms with Gasteiger partial charge in [-0.05, 0) is 37.3 Å². The molecular formula is C12H20OS. The molecule has 80 valence electrons. The van der Waals surface area contributed by atoms with Gasteiger partial charge in [0, 0.05) is 9.75 Å². The van der Waals surface area contributed by atoms with Gasteiger partial charge in [-0.3, -0.25) is 0 Å². The Bertz CT molecular complexity index is 267. The van der Waals surface area contributed by atoms with Gasteiger partial charge in [0.05, 0.1) is 6.10 Å². The predicted molar refractivity (Wildman–Crippen MR) is 63.0 cm³/mol. The smallest absolute Gasteiger partial charge is 0.0543 e. The quantitative estimate of drug-likeness (QED) is 0.791. The van der Waals surface area contributed by atoms with Crippen LogP contribution in [0.2, 0.25) is 0 Å². The molecule has 0 spiro atoms. The van der Waals surface area contributed by atoms with Crippen molar-refractivity contribution in [2.24, 2.45) is 0 Å². The van der Waals surface area contributed by atoms with E-state index in [1.807, 2.05) is 18.3 Å². The molecule has 0 aliphatic heterocycles. The van der Waals surface area contributed by atoms with E-state index in [0.29, 0.717) is 5.92 Å². The number of aryl methyl sites for hydroxylation is 1. The fourth-order valence-electron chi connectivity index (χ4n) is 1.54. The van der Waals surface area contributed by atoms with Crippen molar-refractivity contribution >= 4 is 11.3 Å². The normalized spacial score (nSPS) is 15.4. The number of aliphatic hydroxyl groups excluding tert-OH is 1. The van der Waals surface area contributed by atoms with Crippen LogP contribution in [0.15, 0.2) is 12.1 Å². The molecule has 0 saturated heterocycles. The van der Waals surface area contributed by atoms with E-state index < -0.39 is 0 Å². The van der Waals surface area contributed by atoms with Crippen molar-refractivity contribution in [2.75, 3.05) is 0 Å². The maximum atomic E-state index is 9.56. The molecule has 1 heterocycles. The molecule has 0 bridgehead atoms. The highest BCUT2D eigenvalue weighted by atomic mass is 32.1. The van der Waals surface area contributed by atoms with Gasteiger partial charge >= 0.3 is 0 Å². The summed E-state index contributed by atoms with van der Waals surface area (Å²) in [6.45, 7) is 6.41. The van der Waals surface area contributed by atoms with Crippen LogP contribution >= 0.6 is 11.3 Å². The zero-order valence-corrected chi connectivity index (χ0v) is 10.1. The van der Waals surface area contributed by atoms with Crippen molar-refractivity contribution in [1.29, 1.82) is 0 Å². The lowest BCUT2D eigenvalue weighted by atomic mass is 10.0. The van der Waals surface area contributed by atoms with E-state index in [4.69, 9.17) is 0 Å². The zero-order chi connectivity index (χ0) is 10.6. The van der Waals surface area contributed by atoms with Crippen LogP contribution < -0.4 is 0 Å². The molecular weight excluding hydrogens is 192 g/mol. The predicted octanol–water partition coefficient (Wildman–Crippen LogP) is 3.58. The molecule has 0 aliphatic rings. The summed E-state index contributed by atoms with van der Waals surface area (Å²) in [6.07, 6.45) is 2.72. The molecule has 0 radical (unpaired) electrons. The molecule has 1 rings (SSSR count). The van der Waals surface area contributed by atoms with Gasteiger partial charge in [-0.25, -0.2) is 0 Å². The molecule has 1 aromatic rings. The topological polar surface area (TPSA) is 20.2 Å². The van der Waals surface area contributed by atoms with Crippen LogP contribution in [-0.4, -0.2) is 11.2 Å². The molecule has 0 aliphatic carbocycles. The lowest BCUT2D eigenvalue weighted by molar-refractivity contribution is 0.153. The largest absolute Gasteiger partial charge is 0.393 e. The standard InChI is InChI=1S/C12H20OS/c1-4-10(13)8-9(3)12-7-6-11(5-2)14-12/h6-7,9-10,13H,4-5,8H2,1-3H3. The highest BCUT2D eigenvalue weighted by molar-refractivity contribution is 7.12. The molecule has 0 fully saturated rings. The third-order valence-corrected chi connectivity index (χ3v) is 4.07.